The second kappa shape index (κ2) is 21.5. The second-order valence-corrected chi connectivity index (χ2v) is 11.9. The van der Waals surface area contributed by atoms with Crippen LogP contribution in [0.2, 0.25) is 0 Å². The Balaban J connectivity index is 0.000000250. The third-order valence-corrected chi connectivity index (χ3v) is 8.42. The Hall–Kier alpha value is -3.18. The summed E-state index contributed by atoms with van der Waals surface area (Å²) in [5, 5.41) is 3.15. The number of amides is 1. The zero-order chi connectivity index (χ0) is 32.2. The van der Waals surface area contributed by atoms with Crippen molar-refractivity contribution in [2.24, 2.45) is 10.9 Å². The predicted octanol–water partition coefficient (Wildman–Crippen LogP) is 9.35. The van der Waals surface area contributed by atoms with E-state index in [0.717, 1.165) is 39.1 Å². The Kier molecular flexibility index (Phi) is 18.1. The highest BCUT2D eigenvalue weighted by molar-refractivity contribution is 5.73. The van der Waals surface area contributed by atoms with Gasteiger partial charge in [-0.1, -0.05) is 121 Å². The lowest BCUT2D eigenvalue weighted by atomic mass is 9.93. The van der Waals surface area contributed by atoms with E-state index in [2.05, 4.69) is 106 Å². The van der Waals surface area contributed by atoms with Crippen LogP contribution in [0.5, 0.6) is 0 Å². The molecule has 2 atom stereocenters. The van der Waals surface area contributed by atoms with E-state index < -0.39 is 0 Å². The number of allylic oxidation sites excluding steroid dienone is 2. The lowest BCUT2D eigenvalue weighted by Crippen LogP contribution is -2.30. The van der Waals surface area contributed by atoms with Gasteiger partial charge in [0.05, 0.1) is 19.5 Å². The molecule has 44 heavy (non-hydrogen) atoms. The van der Waals surface area contributed by atoms with Crippen molar-refractivity contribution in [2.75, 3.05) is 32.8 Å². The highest BCUT2D eigenvalue weighted by Gasteiger charge is 2.10. The first-order chi connectivity index (χ1) is 21.3. The van der Waals surface area contributed by atoms with E-state index >= 15 is 0 Å². The molecule has 5 nitrogen and oxygen atoms in total. The molecule has 0 aromatic heterocycles. The number of hydrogen-bond donors (Lipinski definition) is 1. The van der Waals surface area contributed by atoms with E-state index in [9.17, 15) is 4.79 Å². The molecule has 2 aromatic carbocycles. The van der Waals surface area contributed by atoms with E-state index in [1.54, 1.807) is 13.3 Å². The van der Waals surface area contributed by atoms with Crippen LogP contribution in [-0.4, -0.2) is 50.0 Å². The van der Waals surface area contributed by atoms with Crippen molar-refractivity contribution < 1.29 is 9.53 Å². The Morgan fingerprint density at radius 1 is 0.977 bits per heavy atom. The molecule has 0 radical (unpaired) electrons. The van der Waals surface area contributed by atoms with Gasteiger partial charge in [0.1, 0.15) is 0 Å². The maximum absolute atomic E-state index is 10.8. The summed E-state index contributed by atoms with van der Waals surface area (Å²) in [5.41, 5.74) is 8.04. The van der Waals surface area contributed by atoms with Crippen molar-refractivity contribution in [3.8, 4) is 11.1 Å². The summed E-state index contributed by atoms with van der Waals surface area (Å²) in [6.07, 6.45) is 14.7. The Bertz CT molecular complexity index is 1160. The maximum Gasteiger partial charge on any atom is 0.219 e. The highest BCUT2D eigenvalue weighted by atomic mass is 16.5. The largest absolute Gasteiger partial charge is 0.380 e. The van der Waals surface area contributed by atoms with Gasteiger partial charge in [-0.25, -0.2) is 0 Å². The van der Waals surface area contributed by atoms with E-state index in [0.29, 0.717) is 18.4 Å². The molecular weight excluding hydrogens is 542 g/mol. The van der Waals surface area contributed by atoms with Crippen LogP contribution in [0.4, 0.5) is 0 Å². The van der Waals surface area contributed by atoms with E-state index in [-0.39, 0.29) is 5.91 Å². The second-order valence-electron chi connectivity index (χ2n) is 11.9. The quantitative estimate of drug-likeness (QED) is 0.291. The van der Waals surface area contributed by atoms with E-state index in [1.165, 1.54) is 65.6 Å². The molecule has 5 heteroatoms. The first-order valence-corrected chi connectivity index (χ1v) is 17.0. The van der Waals surface area contributed by atoms with Crippen LogP contribution in [0.15, 0.2) is 76.9 Å². The molecule has 2 heterocycles. The number of hydrogen-bond acceptors (Lipinski definition) is 4. The van der Waals surface area contributed by atoms with Gasteiger partial charge in [-0.3, -0.25) is 9.79 Å². The molecule has 0 aliphatic carbocycles. The van der Waals surface area contributed by atoms with E-state index in [4.69, 9.17) is 4.74 Å². The summed E-state index contributed by atoms with van der Waals surface area (Å²) in [5.74, 6) is 1.47. The average molecular weight is 602 g/mol. The number of unbranched alkanes of at least 4 members (excludes halogenated alkanes) is 2. The number of nitrogens with zero attached hydrogens (tertiary/aromatic N) is 2. The summed E-state index contributed by atoms with van der Waals surface area (Å²) >= 11 is 0. The lowest BCUT2D eigenvalue weighted by Gasteiger charge is -2.16. The zero-order valence-electron chi connectivity index (χ0n) is 28.7. The van der Waals surface area contributed by atoms with Gasteiger partial charge >= 0.3 is 0 Å². The van der Waals surface area contributed by atoms with Crippen molar-refractivity contribution in [1.29, 1.82) is 0 Å². The molecule has 4 rings (SSSR count). The van der Waals surface area contributed by atoms with Crippen LogP contribution < -0.4 is 5.32 Å². The molecule has 242 valence electrons. The molecule has 2 aromatic rings. The zero-order valence-corrected chi connectivity index (χ0v) is 28.7. The predicted molar refractivity (Wildman–Crippen MR) is 189 cm³/mol. The number of nitrogens with one attached hydrogen (secondary N) is 1. The number of aryl methyl sites for hydroxylation is 1. The Morgan fingerprint density at radius 2 is 1.66 bits per heavy atom. The average Bonchev–Trinajstić information content (AvgIpc) is 3.36. The first kappa shape index (κ1) is 37.0. The van der Waals surface area contributed by atoms with Gasteiger partial charge in [0.15, 0.2) is 0 Å². The van der Waals surface area contributed by atoms with Gasteiger partial charge in [-0.2, -0.15) is 0 Å². The molecule has 1 amide bonds. The SMILES string of the molecule is C/C=C1/NC=NC/C1=C/C(C)CC.CC(=O)N1CCCOCC1.CCCCCC(C)c1ccc(-c2ccc(CC)cc2)cc1. The normalized spacial score (nSPS) is 17.8. The monoisotopic (exact) mass is 601 g/mol. The minimum absolute atomic E-state index is 0.158. The number of benzene rings is 2. The molecule has 1 fully saturated rings. The molecule has 1 saturated heterocycles. The molecule has 1 N–H and O–H groups in total. The van der Waals surface area contributed by atoms with Crippen molar-refractivity contribution >= 4 is 12.2 Å². The Morgan fingerprint density at radius 3 is 2.25 bits per heavy atom. The molecule has 2 unspecified atom stereocenters. The van der Waals surface area contributed by atoms with Crippen LogP contribution in [0.1, 0.15) is 104 Å². The van der Waals surface area contributed by atoms with Crippen molar-refractivity contribution in [3.63, 3.8) is 0 Å². The molecule has 0 saturated carbocycles. The van der Waals surface area contributed by atoms with Crippen LogP contribution in [0.3, 0.4) is 0 Å². The van der Waals surface area contributed by atoms with Gasteiger partial charge in [-0.15, -0.1) is 0 Å². The van der Waals surface area contributed by atoms with Crippen LogP contribution in [-0.2, 0) is 16.0 Å². The number of carbonyl (C=O) groups is 1. The molecule has 2 aliphatic rings. The van der Waals surface area contributed by atoms with Crippen LogP contribution in [0, 0.1) is 5.92 Å². The molecular formula is C39H59N3O2. The van der Waals surface area contributed by atoms with E-state index in [1.807, 2.05) is 11.8 Å². The smallest absolute Gasteiger partial charge is 0.219 e. The summed E-state index contributed by atoms with van der Waals surface area (Å²) in [7, 11) is 0. The standard InChI is InChI=1S/C21H28.C11H18N2.C7H13NO2/c1-4-6-7-8-17(3)19-13-15-21(16-14-19)20-11-9-18(5-2)10-12-20;1-4-9(3)6-10-7-12-8-13-11(10)5-2;1-7(9)8-3-2-5-10-6-4-8/h9-17H,4-8H2,1-3H3;5-6,8-9H,4,7H2,1-3H3,(H,12,13);2-6H2,1H3/b;10-6-,11-5+;. The Labute approximate surface area is 268 Å². The van der Waals surface area contributed by atoms with Gasteiger partial charge < -0.3 is 15.0 Å². The fraction of sp³-hybridized carbons (Fsp3) is 0.538. The van der Waals surface area contributed by atoms with Crippen molar-refractivity contribution in [2.45, 2.75) is 99.3 Å². The van der Waals surface area contributed by atoms with Crippen LogP contribution in [0.25, 0.3) is 11.1 Å². The third-order valence-electron chi connectivity index (χ3n) is 8.42. The summed E-state index contributed by atoms with van der Waals surface area (Å²) in [6, 6.07) is 18.1. The molecule has 0 bridgehead atoms. The number of aliphatic imine (C=N–C) groups is 1. The van der Waals surface area contributed by atoms with Gasteiger partial charge in [-0.05, 0) is 65.8 Å². The fourth-order valence-electron chi connectivity index (χ4n) is 5.17. The first-order valence-electron chi connectivity index (χ1n) is 17.0. The van der Waals surface area contributed by atoms with Crippen molar-refractivity contribution in [1.82, 2.24) is 10.2 Å². The number of ether oxygens (including phenoxy) is 1. The fourth-order valence-corrected chi connectivity index (χ4v) is 5.17. The van der Waals surface area contributed by atoms with Crippen LogP contribution >= 0.6 is 0 Å². The maximum atomic E-state index is 10.8. The minimum atomic E-state index is 0.158. The minimum Gasteiger partial charge on any atom is -0.380 e. The number of carbonyl (C=O) groups excluding carboxylic acids is 1. The topological polar surface area (TPSA) is 53.9 Å². The van der Waals surface area contributed by atoms with Crippen molar-refractivity contribution in [3.05, 3.63) is 83.1 Å². The van der Waals surface area contributed by atoms with Gasteiger partial charge in [0.25, 0.3) is 0 Å². The van der Waals surface area contributed by atoms with Gasteiger partial charge in [0, 0.05) is 32.3 Å². The lowest BCUT2D eigenvalue weighted by molar-refractivity contribution is -0.128. The number of rotatable bonds is 9. The highest BCUT2D eigenvalue weighted by Crippen LogP contribution is 2.26. The summed E-state index contributed by atoms with van der Waals surface area (Å²) < 4.78 is 5.18. The third kappa shape index (κ3) is 13.6. The molecule has 0 spiro atoms. The van der Waals surface area contributed by atoms with Gasteiger partial charge in [0.2, 0.25) is 5.91 Å². The summed E-state index contributed by atoms with van der Waals surface area (Å²) in [4.78, 5) is 16.8. The molecule has 2 aliphatic heterocycles. The summed E-state index contributed by atoms with van der Waals surface area (Å²) in [6.45, 7) is 18.8.